The highest BCUT2D eigenvalue weighted by molar-refractivity contribution is 5.94. The van der Waals surface area contributed by atoms with Gasteiger partial charge in [-0.15, -0.1) is 0 Å². The van der Waals surface area contributed by atoms with Gasteiger partial charge in [0.2, 0.25) is 0 Å². The minimum atomic E-state index is -0.0982. The lowest BCUT2D eigenvalue weighted by atomic mass is 10.2. The van der Waals surface area contributed by atoms with Crippen molar-refractivity contribution in [2.75, 3.05) is 13.1 Å². The first-order valence-corrected chi connectivity index (χ1v) is 4.49. The van der Waals surface area contributed by atoms with E-state index in [1.54, 1.807) is 23.5 Å². The van der Waals surface area contributed by atoms with Crippen LogP contribution in [0.1, 0.15) is 10.4 Å². The summed E-state index contributed by atoms with van der Waals surface area (Å²) in [5.41, 5.74) is 3.40. The molecule has 4 heteroatoms. The Morgan fingerprint density at radius 2 is 2.14 bits per heavy atom. The van der Waals surface area contributed by atoms with Crippen molar-refractivity contribution < 1.29 is 4.79 Å². The van der Waals surface area contributed by atoms with Gasteiger partial charge in [0.05, 0.1) is 13.1 Å². The van der Waals surface area contributed by atoms with Crippen LogP contribution in [0, 0.1) is 0 Å². The van der Waals surface area contributed by atoms with E-state index in [9.17, 15) is 4.79 Å². The molecule has 4 nitrogen and oxygen atoms in total. The Bertz CT molecular complexity index is 348. The number of amides is 1. The van der Waals surface area contributed by atoms with Gasteiger partial charge in [-0.2, -0.15) is 0 Å². The van der Waals surface area contributed by atoms with E-state index in [0.717, 1.165) is 13.1 Å². The molecule has 0 bridgehead atoms. The Balaban J connectivity index is 1.99. The standard InChI is InChI=1S/C10H11N3O/c14-10(9-4-2-1-3-5-9)12-13-7-6-11-8-13/h1-5,8H,6-7H2,(H,12,14). The van der Waals surface area contributed by atoms with Gasteiger partial charge in [-0.05, 0) is 12.1 Å². The van der Waals surface area contributed by atoms with Gasteiger partial charge in [-0.1, -0.05) is 18.2 Å². The molecule has 0 saturated heterocycles. The van der Waals surface area contributed by atoms with Crippen LogP contribution in [0.25, 0.3) is 0 Å². The Labute approximate surface area is 82.2 Å². The van der Waals surface area contributed by atoms with E-state index in [4.69, 9.17) is 0 Å². The van der Waals surface area contributed by atoms with E-state index in [-0.39, 0.29) is 5.91 Å². The van der Waals surface area contributed by atoms with Crippen molar-refractivity contribution in [3.63, 3.8) is 0 Å². The van der Waals surface area contributed by atoms with Crippen LogP contribution in [0.15, 0.2) is 35.3 Å². The number of hydrogen-bond acceptors (Lipinski definition) is 3. The van der Waals surface area contributed by atoms with Crippen LogP contribution in [0.2, 0.25) is 0 Å². The molecule has 0 radical (unpaired) electrons. The predicted molar refractivity (Wildman–Crippen MR) is 54.0 cm³/mol. The predicted octanol–water partition coefficient (Wildman–Crippen LogP) is 0.675. The zero-order valence-corrected chi connectivity index (χ0v) is 7.68. The van der Waals surface area contributed by atoms with Crippen molar-refractivity contribution in [1.82, 2.24) is 10.4 Å². The van der Waals surface area contributed by atoms with Crippen molar-refractivity contribution in [3.05, 3.63) is 35.9 Å². The van der Waals surface area contributed by atoms with Gasteiger partial charge in [0, 0.05) is 5.56 Å². The summed E-state index contributed by atoms with van der Waals surface area (Å²) in [6.07, 6.45) is 1.64. The summed E-state index contributed by atoms with van der Waals surface area (Å²) < 4.78 is 0. The molecule has 0 aliphatic carbocycles. The number of nitrogens with zero attached hydrogens (tertiary/aromatic N) is 2. The number of aliphatic imine (C=N–C) groups is 1. The molecule has 0 saturated carbocycles. The zero-order valence-electron chi connectivity index (χ0n) is 7.68. The molecule has 14 heavy (non-hydrogen) atoms. The molecule has 2 rings (SSSR count). The first kappa shape index (κ1) is 8.74. The first-order valence-electron chi connectivity index (χ1n) is 4.49. The second kappa shape index (κ2) is 3.91. The maximum atomic E-state index is 11.6. The quantitative estimate of drug-likeness (QED) is 0.743. The van der Waals surface area contributed by atoms with E-state index in [1.165, 1.54) is 0 Å². The van der Waals surface area contributed by atoms with Crippen LogP contribution < -0.4 is 5.43 Å². The summed E-state index contributed by atoms with van der Waals surface area (Å²) >= 11 is 0. The summed E-state index contributed by atoms with van der Waals surface area (Å²) in [6, 6.07) is 9.12. The first-order chi connectivity index (χ1) is 6.86. The molecule has 1 aromatic carbocycles. The molecule has 72 valence electrons. The van der Waals surface area contributed by atoms with Gasteiger partial charge < -0.3 is 0 Å². The maximum absolute atomic E-state index is 11.6. The highest BCUT2D eigenvalue weighted by Crippen LogP contribution is 1.99. The van der Waals surface area contributed by atoms with Gasteiger partial charge in [-0.25, -0.2) is 0 Å². The van der Waals surface area contributed by atoms with Crippen LogP contribution in [-0.4, -0.2) is 30.3 Å². The van der Waals surface area contributed by atoms with E-state index < -0.39 is 0 Å². The van der Waals surface area contributed by atoms with Crippen molar-refractivity contribution in [3.8, 4) is 0 Å². The van der Waals surface area contributed by atoms with Crippen molar-refractivity contribution >= 4 is 12.2 Å². The normalized spacial score (nSPS) is 14.4. The summed E-state index contributed by atoms with van der Waals surface area (Å²) in [7, 11) is 0. The minimum absolute atomic E-state index is 0.0982. The van der Waals surface area contributed by atoms with Gasteiger partial charge in [-0.3, -0.25) is 20.2 Å². The van der Waals surface area contributed by atoms with Gasteiger partial charge in [0.15, 0.2) is 0 Å². The lowest BCUT2D eigenvalue weighted by Crippen LogP contribution is -2.40. The van der Waals surface area contributed by atoms with Gasteiger partial charge in [0.25, 0.3) is 5.91 Å². The Kier molecular flexibility index (Phi) is 2.44. The average molecular weight is 189 g/mol. The highest BCUT2D eigenvalue weighted by atomic mass is 16.2. The van der Waals surface area contributed by atoms with Crippen LogP contribution >= 0.6 is 0 Å². The third kappa shape index (κ3) is 1.90. The van der Waals surface area contributed by atoms with Crippen molar-refractivity contribution in [1.29, 1.82) is 0 Å². The maximum Gasteiger partial charge on any atom is 0.269 e. The lowest BCUT2D eigenvalue weighted by molar-refractivity contribution is 0.0881. The molecule has 1 N–H and O–H groups in total. The smallest absolute Gasteiger partial charge is 0.269 e. The number of nitrogens with one attached hydrogen (secondary N) is 1. The molecule has 0 unspecified atom stereocenters. The van der Waals surface area contributed by atoms with E-state index in [1.807, 2.05) is 18.2 Å². The second-order valence-electron chi connectivity index (χ2n) is 3.02. The van der Waals surface area contributed by atoms with Crippen molar-refractivity contribution in [2.45, 2.75) is 0 Å². The van der Waals surface area contributed by atoms with Crippen LogP contribution in [0.4, 0.5) is 0 Å². The number of benzene rings is 1. The highest BCUT2D eigenvalue weighted by Gasteiger charge is 2.10. The third-order valence-corrected chi connectivity index (χ3v) is 1.97. The zero-order chi connectivity index (χ0) is 9.80. The second-order valence-corrected chi connectivity index (χ2v) is 3.02. The largest absolute Gasteiger partial charge is 0.273 e. The molecule has 0 spiro atoms. The third-order valence-electron chi connectivity index (χ3n) is 1.97. The molecule has 1 aliphatic heterocycles. The number of rotatable bonds is 2. The molecule has 1 aromatic rings. The van der Waals surface area contributed by atoms with Crippen LogP contribution in [-0.2, 0) is 0 Å². The SMILES string of the molecule is O=C(NN1C=NCC1)c1ccccc1. The monoisotopic (exact) mass is 189 g/mol. The molecular weight excluding hydrogens is 178 g/mol. The van der Waals surface area contributed by atoms with Gasteiger partial charge in [0.1, 0.15) is 6.34 Å². The molecule has 0 atom stereocenters. The minimum Gasteiger partial charge on any atom is -0.273 e. The molecule has 0 fully saturated rings. The number of hydrogen-bond donors (Lipinski definition) is 1. The molecule has 1 amide bonds. The average Bonchev–Trinajstić information content (AvgIpc) is 2.72. The number of carbonyl (C=O) groups is 1. The fraction of sp³-hybridized carbons (Fsp3) is 0.200. The number of carbonyl (C=O) groups excluding carboxylic acids is 1. The molecule has 1 heterocycles. The topological polar surface area (TPSA) is 44.7 Å². The molecular formula is C10H11N3O. The fourth-order valence-corrected chi connectivity index (χ4v) is 1.25. The lowest BCUT2D eigenvalue weighted by Gasteiger charge is -2.14. The van der Waals surface area contributed by atoms with Crippen molar-refractivity contribution in [2.24, 2.45) is 4.99 Å². The Morgan fingerprint density at radius 3 is 2.79 bits per heavy atom. The summed E-state index contributed by atoms with van der Waals surface area (Å²) in [5.74, 6) is -0.0982. The summed E-state index contributed by atoms with van der Waals surface area (Å²) in [6.45, 7) is 1.49. The number of hydrazine groups is 1. The van der Waals surface area contributed by atoms with E-state index in [0.29, 0.717) is 5.56 Å². The Morgan fingerprint density at radius 1 is 1.36 bits per heavy atom. The Hall–Kier alpha value is -1.84. The van der Waals surface area contributed by atoms with E-state index >= 15 is 0 Å². The molecule has 0 aromatic heterocycles. The summed E-state index contributed by atoms with van der Waals surface area (Å²) in [4.78, 5) is 15.6. The fourth-order valence-electron chi connectivity index (χ4n) is 1.25. The van der Waals surface area contributed by atoms with Crippen LogP contribution in [0.5, 0.6) is 0 Å². The van der Waals surface area contributed by atoms with Gasteiger partial charge >= 0.3 is 0 Å². The van der Waals surface area contributed by atoms with E-state index in [2.05, 4.69) is 10.4 Å². The molecule has 1 aliphatic rings. The van der Waals surface area contributed by atoms with Crippen LogP contribution in [0.3, 0.4) is 0 Å². The summed E-state index contributed by atoms with van der Waals surface area (Å²) in [5, 5.41) is 1.69.